The number of hydrogen-bond donors (Lipinski definition) is 1. The molecule has 3 heteroatoms. The van der Waals surface area contributed by atoms with E-state index in [1.807, 2.05) is 0 Å². The number of ether oxygens (including phenoxy) is 1. The van der Waals surface area contributed by atoms with Gasteiger partial charge in [-0.25, -0.2) is 0 Å². The zero-order chi connectivity index (χ0) is 11.7. The first-order valence-corrected chi connectivity index (χ1v) is 6.19. The van der Waals surface area contributed by atoms with Crippen LogP contribution >= 0.6 is 12.4 Å². The van der Waals surface area contributed by atoms with Gasteiger partial charge in [0.25, 0.3) is 0 Å². The maximum atomic E-state index is 5.42. The van der Waals surface area contributed by atoms with Gasteiger partial charge in [0, 0.05) is 11.4 Å². The van der Waals surface area contributed by atoms with Gasteiger partial charge in [0.05, 0.1) is 7.11 Å². The Labute approximate surface area is 114 Å². The predicted octanol–water partition coefficient (Wildman–Crippen LogP) is 3.69. The van der Waals surface area contributed by atoms with E-state index in [9.17, 15) is 0 Å². The predicted molar refractivity (Wildman–Crippen MR) is 77.7 cm³/mol. The van der Waals surface area contributed by atoms with E-state index in [1.165, 1.54) is 29.2 Å². The topological polar surface area (TPSA) is 21.3 Å². The van der Waals surface area contributed by atoms with Gasteiger partial charge in [-0.1, -0.05) is 30.3 Å². The monoisotopic (exact) mass is 263 g/mol. The van der Waals surface area contributed by atoms with E-state index < -0.39 is 0 Å². The van der Waals surface area contributed by atoms with Crippen molar-refractivity contribution < 1.29 is 4.74 Å². The van der Waals surface area contributed by atoms with Gasteiger partial charge < -0.3 is 10.1 Å². The largest absolute Gasteiger partial charge is 0.496 e. The van der Waals surface area contributed by atoms with E-state index >= 15 is 0 Å². The van der Waals surface area contributed by atoms with Gasteiger partial charge in [-0.15, -0.1) is 12.4 Å². The van der Waals surface area contributed by atoms with Crippen LogP contribution in [0, 0.1) is 0 Å². The minimum Gasteiger partial charge on any atom is -0.496 e. The van der Waals surface area contributed by atoms with Crippen molar-refractivity contribution in [2.45, 2.75) is 18.9 Å². The van der Waals surface area contributed by atoms with Crippen LogP contribution in [0.15, 0.2) is 36.4 Å². The number of nitrogens with one attached hydrogen (secondary N) is 1. The minimum absolute atomic E-state index is 0. The number of fused-ring (bicyclic) bond motifs is 1. The zero-order valence-corrected chi connectivity index (χ0v) is 11.3. The van der Waals surface area contributed by atoms with E-state index in [0.29, 0.717) is 6.04 Å². The summed E-state index contributed by atoms with van der Waals surface area (Å²) < 4.78 is 5.42. The molecular formula is C15H18ClNO. The van der Waals surface area contributed by atoms with Crippen molar-refractivity contribution in [3.05, 3.63) is 42.0 Å². The summed E-state index contributed by atoms with van der Waals surface area (Å²) in [5.74, 6) is 0.961. The molecular weight excluding hydrogens is 246 g/mol. The van der Waals surface area contributed by atoms with Crippen LogP contribution in [0.4, 0.5) is 0 Å². The van der Waals surface area contributed by atoms with Crippen molar-refractivity contribution in [1.82, 2.24) is 5.32 Å². The summed E-state index contributed by atoms with van der Waals surface area (Å²) in [7, 11) is 1.73. The van der Waals surface area contributed by atoms with Gasteiger partial charge in [-0.3, -0.25) is 0 Å². The molecule has 1 heterocycles. The molecule has 18 heavy (non-hydrogen) atoms. The Morgan fingerprint density at radius 3 is 2.56 bits per heavy atom. The maximum Gasteiger partial charge on any atom is 0.126 e. The van der Waals surface area contributed by atoms with Gasteiger partial charge >= 0.3 is 0 Å². The normalized spacial score (nSPS) is 18.6. The quantitative estimate of drug-likeness (QED) is 0.892. The van der Waals surface area contributed by atoms with Gasteiger partial charge in [-0.2, -0.15) is 0 Å². The number of methoxy groups -OCH3 is 1. The molecule has 0 unspecified atom stereocenters. The van der Waals surface area contributed by atoms with Crippen LogP contribution in [0.3, 0.4) is 0 Å². The standard InChI is InChI=1S/C15H17NO.ClH/c1-17-15-9-8-12(14-7-4-10-16-14)11-5-2-3-6-13(11)15;/h2-3,5-6,8-9,14,16H,4,7,10H2,1H3;1H/t14-;/m0./s1. The fraction of sp³-hybridized carbons (Fsp3) is 0.333. The Kier molecular flexibility index (Phi) is 4.10. The fourth-order valence-corrected chi connectivity index (χ4v) is 2.73. The first kappa shape index (κ1) is 13.2. The molecule has 0 aromatic heterocycles. The highest BCUT2D eigenvalue weighted by Gasteiger charge is 2.18. The Morgan fingerprint density at radius 1 is 1.11 bits per heavy atom. The molecule has 2 nitrogen and oxygen atoms in total. The highest BCUT2D eigenvalue weighted by atomic mass is 35.5. The fourth-order valence-electron chi connectivity index (χ4n) is 2.73. The van der Waals surface area contributed by atoms with Crippen LogP contribution in [0.25, 0.3) is 10.8 Å². The molecule has 0 bridgehead atoms. The van der Waals surface area contributed by atoms with Crippen LogP contribution in [0.2, 0.25) is 0 Å². The van der Waals surface area contributed by atoms with Gasteiger partial charge in [-0.05, 0) is 36.4 Å². The van der Waals surface area contributed by atoms with Crippen LogP contribution in [-0.4, -0.2) is 13.7 Å². The smallest absolute Gasteiger partial charge is 0.126 e. The molecule has 1 N–H and O–H groups in total. The average molecular weight is 264 g/mol. The Balaban J connectivity index is 0.00000120. The van der Waals surface area contributed by atoms with Gasteiger partial charge in [0.2, 0.25) is 0 Å². The van der Waals surface area contributed by atoms with E-state index in [4.69, 9.17) is 4.74 Å². The SMILES string of the molecule is COc1ccc([C@@H]2CCCN2)c2ccccc12.Cl. The third-order valence-corrected chi connectivity index (χ3v) is 3.57. The second-order valence-electron chi connectivity index (χ2n) is 4.55. The third-order valence-electron chi connectivity index (χ3n) is 3.57. The molecule has 1 aliphatic rings. The highest BCUT2D eigenvalue weighted by molar-refractivity contribution is 5.91. The van der Waals surface area contributed by atoms with E-state index in [1.54, 1.807) is 7.11 Å². The first-order chi connectivity index (χ1) is 8.40. The number of rotatable bonds is 2. The molecule has 1 fully saturated rings. The third kappa shape index (κ3) is 2.18. The summed E-state index contributed by atoms with van der Waals surface area (Å²) in [6.07, 6.45) is 2.50. The van der Waals surface area contributed by atoms with Crippen molar-refractivity contribution in [2.24, 2.45) is 0 Å². The summed E-state index contributed by atoms with van der Waals surface area (Å²) in [6.45, 7) is 1.13. The second kappa shape index (κ2) is 5.59. The van der Waals surface area contributed by atoms with Crippen molar-refractivity contribution in [2.75, 3.05) is 13.7 Å². The highest BCUT2D eigenvalue weighted by Crippen LogP contribution is 2.34. The lowest BCUT2D eigenvalue weighted by atomic mass is 9.97. The van der Waals surface area contributed by atoms with Gasteiger partial charge in [0.1, 0.15) is 5.75 Å². The average Bonchev–Trinajstić information content (AvgIpc) is 2.91. The van der Waals surface area contributed by atoms with E-state index in [0.717, 1.165) is 12.3 Å². The summed E-state index contributed by atoms with van der Waals surface area (Å²) in [4.78, 5) is 0. The van der Waals surface area contributed by atoms with Crippen molar-refractivity contribution >= 4 is 23.2 Å². The molecule has 96 valence electrons. The lowest BCUT2D eigenvalue weighted by Crippen LogP contribution is -2.13. The molecule has 1 saturated heterocycles. The van der Waals surface area contributed by atoms with Crippen LogP contribution < -0.4 is 10.1 Å². The maximum absolute atomic E-state index is 5.42. The summed E-state index contributed by atoms with van der Waals surface area (Å²) in [5.41, 5.74) is 1.40. The molecule has 0 spiro atoms. The minimum atomic E-state index is 0. The van der Waals surface area contributed by atoms with Crippen molar-refractivity contribution in [1.29, 1.82) is 0 Å². The summed E-state index contributed by atoms with van der Waals surface area (Å²) in [6, 6.07) is 13.3. The number of benzene rings is 2. The Hall–Kier alpha value is -1.25. The van der Waals surface area contributed by atoms with Crippen molar-refractivity contribution in [3.63, 3.8) is 0 Å². The Bertz CT molecular complexity index is 535. The molecule has 0 radical (unpaired) electrons. The molecule has 1 atom stereocenters. The molecule has 0 saturated carbocycles. The second-order valence-corrected chi connectivity index (χ2v) is 4.55. The molecule has 1 aliphatic heterocycles. The Morgan fingerprint density at radius 2 is 1.89 bits per heavy atom. The molecule has 2 aromatic carbocycles. The van der Waals surface area contributed by atoms with Crippen LogP contribution in [0.5, 0.6) is 5.75 Å². The van der Waals surface area contributed by atoms with E-state index in [2.05, 4.69) is 41.7 Å². The lowest BCUT2D eigenvalue weighted by molar-refractivity contribution is 0.419. The van der Waals surface area contributed by atoms with Crippen LogP contribution in [0.1, 0.15) is 24.4 Å². The molecule has 0 aliphatic carbocycles. The molecule has 3 rings (SSSR count). The lowest BCUT2D eigenvalue weighted by Gasteiger charge is -2.15. The van der Waals surface area contributed by atoms with Gasteiger partial charge in [0.15, 0.2) is 0 Å². The van der Waals surface area contributed by atoms with Crippen molar-refractivity contribution in [3.8, 4) is 5.75 Å². The zero-order valence-electron chi connectivity index (χ0n) is 10.5. The number of halogens is 1. The molecule has 2 aromatic rings. The molecule has 0 amide bonds. The number of hydrogen-bond acceptors (Lipinski definition) is 2. The summed E-state index contributed by atoms with van der Waals surface area (Å²) in [5, 5.41) is 6.08. The summed E-state index contributed by atoms with van der Waals surface area (Å²) >= 11 is 0. The first-order valence-electron chi connectivity index (χ1n) is 6.19. The van der Waals surface area contributed by atoms with Crippen LogP contribution in [-0.2, 0) is 0 Å². The van der Waals surface area contributed by atoms with E-state index in [-0.39, 0.29) is 12.4 Å².